The Labute approximate surface area is 83.5 Å². The minimum Gasteiger partial charge on any atom is -0.283 e. The van der Waals surface area contributed by atoms with Crippen LogP contribution in [0.25, 0.3) is 5.70 Å². The van der Waals surface area contributed by atoms with Crippen molar-refractivity contribution < 1.29 is 0 Å². The van der Waals surface area contributed by atoms with Gasteiger partial charge in [-0.1, -0.05) is 19.2 Å². The fourth-order valence-corrected chi connectivity index (χ4v) is 1.83. The normalized spacial score (nSPS) is 15.2. The van der Waals surface area contributed by atoms with Gasteiger partial charge >= 0.3 is 0 Å². The summed E-state index contributed by atoms with van der Waals surface area (Å²) in [5.41, 5.74) is 2.29. The van der Waals surface area contributed by atoms with Crippen LogP contribution in [-0.4, -0.2) is 14.8 Å². The highest BCUT2D eigenvalue weighted by Gasteiger charge is 2.18. The molecule has 0 radical (unpaired) electrons. The van der Waals surface area contributed by atoms with Crippen LogP contribution in [0.5, 0.6) is 0 Å². The average Bonchev–Trinajstić information content (AvgIpc) is 2.59. The Kier molecular flexibility index (Phi) is 2.08. The van der Waals surface area contributed by atoms with Crippen molar-refractivity contribution in [2.75, 3.05) is 0 Å². The van der Waals surface area contributed by atoms with Crippen LogP contribution in [0.1, 0.15) is 18.1 Å². The highest BCUT2D eigenvalue weighted by Crippen LogP contribution is 2.26. The van der Waals surface area contributed by atoms with Crippen LogP contribution in [0.15, 0.2) is 30.9 Å². The summed E-state index contributed by atoms with van der Waals surface area (Å²) < 4.78 is 2.05. The van der Waals surface area contributed by atoms with Crippen molar-refractivity contribution in [3.8, 4) is 0 Å². The summed E-state index contributed by atoms with van der Waals surface area (Å²) in [7, 11) is 0. The van der Waals surface area contributed by atoms with Gasteiger partial charge in [0.1, 0.15) is 11.6 Å². The molecule has 0 unspecified atom stereocenters. The van der Waals surface area contributed by atoms with E-state index in [0.29, 0.717) is 0 Å². The topological polar surface area (TPSA) is 30.7 Å². The van der Waals surface area contributed by atoms with Gasteiger partial charge in [-0.2, -0.15) is 0 Å². The lowest BCUT2D eigenvalue weighted by Gasteiger charge is -2.18. The minimum atomic E-state index is 0.911. The van der Waals surface area contributed by atoms with Crippen LogP contribution in [0.4, 0.5) is 0 Å². The number of fused-ring (bicyclic) bond motifs is 1. The molecule has 0 aliphatic carbocycles. The number of hydrogen-bond donors (Lipinski definition) is 0. The van der Waals surface area contributed by atoms with Gasteiger partial charge in [0.2, 0.25) is 0 Å². The fraction of sp³-hybridized carbons (Fsp3) is 0.273. The first-order valence-electron chi connectivity index (χ1n) is 4.67. The molecule has 14 heavy (non-hydrogen) atoms. The zero-order chi connectivity index (χ0) is 10.1. The van der Waals surface area contributed by atoms with E-state index in [1.807, 2.05) is 23.6 Å². The number of nitrogens with zero attached hydrogens (tertiary/aromatic N) is 3. The van der Waals surface area contributed by atoms with Crippen molar-refractivity contribution in [3.63, 3.8) is 0 Å². The predicted octanol–water partition coefficient (Wildman–Crippen LogP) is 2.12. The van der Waals surface area contributed by atoms with Gasteiger partial charge in [-0.05, 0) is 25.0 Å². The van der Waals surface area contributed by atoms with Gasteiger partial charge in [0.15, 0.2) is 0 Å². The molecular formula is C11H13N3. The molecular weight excluding hydrogens is 174 g/mol. The molecule has 72 valence electrons. The largest absolute Gasteiger partial charge is 0.283 e. The summed E-state index contributed by atoms with van der Waals surface area (Å²) in [6, 6.07) is 0. The third-order valence-corrected chi connectivity index (χ3v) is 2.52. The predicted molar refractivity (Wildman–Crippen MR) is 56.7 cm³/mol. The van der Waals surface area contributed by atoms with Crippen LogP contribution < -0.4 is 0 Å². The number of rotatable bonds is 2. The summed E-state index contributed by atoms with van der Waals surface area (Å²) in [5.74, 6) is 1.93. The van der Waals surface area contributed by atoms with E-state index >= 15 is 0 Å². The highest BCUT2D eigenvalue weighted by molar-refractivity contribution is 5.65. The van der Waals surface area contributed by atoms with E-state index in [-0.39, 0.29) is 0 Å². The van der Waals surface area contributed by atoms with Gasteiger partial charge in [-0.25, -0.2) is 0 Å². The SMILES string of the molecule is C=CC1=C(C=C)n2c(C)nnc2CC1. The summed E-state index contributed by atoms with van der Waals surface area (Å²) in [5, 5.41) is 8.18. The van der Waals surface area contributed by atoms with Crippen LogP contribution >= 0.6 is 0 Å². The third-order valence-electron chi connectivity index (χ3n) is 2.52. The van der Waals surface area contributed by atoms with Crippen LogP contribution in [0, 0.1) is 6.92 Å². The van der Waals surface area contributed by atoms with Crippen molar-refractivity contribution in [1.29, 1.82) is 0 Å². The van der Waals surface area contributed by atoms with Gasteiger partial charge in [0, 0.05) is 6.42 Å². The zero-order valence-electron chi connectivity index (χ0n) is 8.32. The second-order valence-corrected chi connectivity index (χ2v) is 3.32. The lowest BCUT2D eigenvalue weighted by molar-refractivity contribution is 0.791. The van der Waals surface area contributed by atoms with E-state index < -0.39 is 0 Å². The lowest BCUT2D eigenvalue weighted by Crippen LogP contribution is -2.11. The van der Waals surface area contributed by atoms with Gasteiger partial charge in [0.05, 0.1) is 5.70 Å². The average molecular weight is 187 g/mol. The second kappa shape index (κ2) is 3.25. The molecule has 0 spiro atoms. The molecule has 2 heterocycles. The number of hydrogen-bond acceptors (Lipinski definition) is 2. The molecule has 0 saturated heterocycles. The van der Waals surface area contributed by atoms with Gasteiger partial charge in [0.25, 0.3) is 0 Å². The van der Waals surface area contributed by atoms with E-state index in [4.69, 9.17) is 0 Å². The Hall–Kier alpha value is -1.64. The first-order valence-corrected chi connectivity index (χ1v) is 4.67. The molecule has 0 amide bonds. The maximum atomic E-state index is 4.12. The van der Waals surface area contributed by atoms with Crippen molar-refractivity contribution >= 4 is 5.70 Å². The number of allylic oxidation sites excluding steroid dienone is 4. The fourth-order valence-electron chi connectivity index (χ4n) is 1.83. The smallest absolute Gasteiger partial charge is 0.137 e. The maximum absolute atomic E-state index is 4.12. The minimum absolute atomic E-state index is 0.911. The van der Waals surface area contributed by atoms with E-state index in [1.54, 1.807) is 0 Å². The van der Waals surface area contributed by atoms with Crippen molar-refractivity contribution in [1.82, 2.24) is 14.8 Å². The Bertz CT molecular complexity index is 424. The van der Waals surface area contributed by atoms with Crippen LogP contribution in [0.3, 0.4) is 0 Å². The monoisotopic (exact) mass is 187 g/mol. The van der Waals surface area contributed by atoms with E-state index in [0.717, 1.165) is 30.2 Å². The van der Waals surface area contributed by atoms with Gasteiger partial charge in [-0.3, -0.25) is 4.57 Å². The summed E-state index contributed by atoms with van der Waals surface area (Å²) in [6.45, 7) is 9.58. The number of aryl methyl sites for hydroxylation is 2. The molecule has 0 fully saturated rings. The van der Waals surface area contributed by atoms with Crippen molar-refractivity contribution in [2.45, 2.75) is 19.8 Å². The molecule has 1 aliphatic rings. The number of aromatic nitrogens is 3. The van der Waals surface area contributed by atoms with E-state index in [2.05, 4.69) is 23.4 Å². The van der Waals surface area contributed by atoms with Crippen molar-refractivity contribution in [3.05, 3.63) is 42.5 Å². The summed E-state index contributed by atoms with van der Waals surface area (Å²) in [4.78, 5) is 0. The molecule has 0 atom stereocenters. The lowest BCUT2D eigenvalue weighted by atomic mass is 10.0. The Morgan fingerprint density at radius 1 is 1.21 bits per heavy atom. The molecule has 0 bridgehead atoms. The third kappa shape index (κ3) is 1.13. The Morgan fingerprint density at radius 3 is 2.64 bits per heavy atom. The molecule has 0 N–H and O–H groups in total. The summed E-state index contributed by atoms with van der Waals surface area (Å²) in [6.07, 6.45) is 5.64. The zero-order valence-corrected chi connectivity index (χ0v) is 8.32. The van der Waals surface area contributed by atoms with E-state index in [9.17, 15) is 0 Å². The van der Waals surface area contributed by atoms with Gasteiger partial charge in [-0.15, -0.1) is 10.2 Å². The molecule has 2 rings (SSSR count). The van der Waals surface area contributed by atoms with Crippen LogP contribution in [0.2, 0.25) is 0 Å². The maximum Gasteiger partial charge on any atom is 0.137 e. The first-order chi connectivity index (χ1) is 6.77. The quantitative estimate of drug-likeness (QED) is 0.710. The molecule has 3 nitrogen and oxygen atoms in total. The molecule has 0 saturated carbocycles. The standard InChI is InChI=1S/C11H13N3/c1-4-9-6-7-11-13-12-8(3)14(11)10(9)5-2/h4-5H,1-2,6-7H2,3H3. The Balaban J connectivity index is 2.67. The van der Waals surface area contributed by atoms with E-state index in [1.165, 1.54) is 5.57 Å². The molecule has 1 aromatic rings. The second-order valence-electron chi connectivity index (χ2n) is 3.32. The van der Waals surface area contributed by atoms with Gasteiger partial charge < -0.3 is 0 Å². The molecule has 1 aromatic heterocycles. The first kappa shape index (κ1) is 8.94. The highest BCUT2D eigenvalue weighted by atomic mass is 15.3. The summed E-state index contributed by atoms with van der Waals surface area (Å²) >= 11 is 0. The molecule has 0 aromatic carbocycles. The molecule has 1 aliphatic heterocycles. The van der Waals surface area contributed by atoms with Crippen LogP contribution in [-0.2, 0) is 6.42 Å². The Morgan fingerprint density at radius 2 is 2.00 bits per heavy atom. The van der Waals surface area contributed by atoms with Crippen molar-refractivity contribution in [2.24, 2.45) is 0 Å². The molecule has 3 heteroatoms.